The SMILES string of the molecule is C=C/C(=C\C(=N/C)C(C)C)N1CCCC(C)(CC)CCOC1. The molecular weight excluding hydrogens is 272 g/mol. The van der Waals surface area contributed by atoms with Gasteiger partial charge in [0.1, 0.15) is 6.73 Å². The highest BCUT2D eigenvalue weighted by Crippen LogP contribution is 2.32. The summed E-state index contributed by atoms with van der Waals surface area (Å²) in [7, 11) is 1.86. The van der Waals surface area contributed by atoms with Gasteiger partial charge in [-0.05, 0) is 42.7 Å². The Bertz CT molecular complexity index is 412. The number of allylic oxidation sites excluding steroid dienone is 2. The third kappa shape index (κ3) is 5.60. The van der Waals surface area contributed by atoms with Crippen molar-refractivity contribution in [2.24, 2.45) is 16.3 Å². The van der Waals surface area contributed by atoms with E-state index in [0.29, 0.717) is 18.1 Å². The average Bonchev–Trinajstić information content (AvgIpc) is 2.59. The van der Waals surface area contributed by atoms with Gasteiger partial charge in [0.25, 0.3) is 0 Å². The molecule has 3 heteroatoms. The molecule has 1 rings (SSSR count). The maximum Gasteiger partial charge on any atom is 0.118 e. The van der Waals surface area contributed by atoms with Gasteiger partial charge in [0.2, 0.25) is 0 Å². The van der Waals surface area contributed by atoms with Crippen LogP contribution >= 0.6 is 0 Å². The van der Waals surface area contributed by atoms with E-state index in [1.807, 2.05) is 13.1 Å². The Labute approximate surface area is 137 Å². The lowest BCUT2D eigenvalue weighted by Gasteiger charge is -2.27. The predicted molar refractivity (Wildman–Crippen MR) is 96.3 cm³/mol. The van der Waals surface area contributed by atoms with Gasteiger partial charge in [-0.3, -0.25) is 4.99 Å². The van der Waals surface area contributed by atoms with Crippen LogP contribution in [0, 0.1) is 11.3 Å². The topological polar surface area (TPSA) is 24.8 Å². The molecule has 1 atom stereocenters. The van der Waals surface area contributed by atoms with Crippen LogP contribution in [0.1, 0.15) is 53.4 Å². The molecule has 0 bridgehead atoms. The third-order valence-corrected chi connectivity index (χ3v) is 4.88. The highest BCUT2D eigenvalue weighted by atomic mass is 16.5. The van der Waals surface area contributed by atoms with Crippen LogP contribution in [-0.2, 0) is 4.74 Å². The molecule has 0 N–H and O–H groups in total. The zero-order valence-electron chi connectivity index (χ0n) is 15.2. The second kappa shape index (κ2) is 9.14. The van der Waals surface area contributed by atoms with Crippen molar-refractivity contribution in [3.63, 3.8) is 0 Å². The van der Waals surface area contributed by atoms with Crippen LogP contribution < -0.4 is 0 Å². The third-order valence-electron chi connectivity index (χ3n) is 4.88. The van der Waals surface area contributed by atoms with Crippen LogP contribution in [0.3, 0.4) is 0 Å². The summed E-state index contributed by atoms with van der Waals surface area (Å²) in [5.41, 5.74) is 2.64. The molecule has 1 aliphatic rings. The van der Waals surface area contributed by atoms with Crippen molar-refractivity contribution in [2.75, 3.05) is 26.9 Å². The van der Waals surface area contributed by atoms with E-state index in [9.17, 15) is 0 Å². The van der Waals surface area contributed by atoms with Gasteiger partial charge in [0.05, 0.1) is 0 Å². The summed E-state index contributed by atoms with van der Waals surface area (Å²) in [5.74, 6) is 0.418. The Morgan fingerprint density at radius 3 is 2.68 bits per heavy atom. The Morgan fingerprint density at radius 1 is 1.41 bits per heavy atom. The molecule has 1 heterocycles. The van der Waals surface area contributed by atoms with Crippen LogP contribution in [0.25, 0.3) is 0 Å². The van der Waals surface area contributed by atoms with E-state index in [2.05, 4.69) is 50.2 Å². The molecule has 0 radical (unpaired) electrons. The monoisotopic (exact) mass is 306 g/mol. The molecule has 1 aliphatic heterocycles. The van der Waals surface area contributed by atoms with E-state index in [4.69, 9.17) is 4.74 Å². The highest BCUT2D eigenvalue weighted by Gasteiger charge is 2.23. The fourth-order valence-corrected chi connectivity index (χ4v) is 2.86. The van der Waals surface area contributed by atoms with E-state index in [1.165, 1.54) is 19.3 Å². The fraction of sp³-hybridized carbons (Fsp3) is 0.737. The minimum absolute atomic E-state index is 0.418. The summed E-state index contributed by atoms with van der Waals surface area (Å²) in [6.07, 6.45) is 8.90. The van der Waals surface area contributed by atoms with Crippen LogP contribution in [-0.4, -0.2) is 37.5 Å². The minimum Gasteiger partial charge on any atom is -0.361 e. The Kier molecular flexibility index (Phi) is 7.88. The molecule has 1 fully saturated rings. The molecule has 0 amide bonds. The van der Waals surface area contributed by atoms with Crippen LogP contribution in [0.5, 0.6) is 0 Å². The normalized spacial score (nSPS) is 25.6. The van der Waals surface area contributed by atoms with Crippen molar-refractivity contribution in [1.82, 2.24) is 4.90 Å². The van der Waals surface area contributed by atoms with Crippen molar-refractivity contribution in [1.29, 1.82) is 0 Å². The Hall–Kier alpha value is -1.09. The summed E-state index contributed by atoms with van der Waals surface area (Å²) in [4.78, 5) is 6.69. The minimum atomic E-state index is 0.418. The van der Waals surface area contributed by atoms with Crippen molar-refractivity contribution in [3.8, 4) is 0 Å². The molecule has 3 nitrogen and oxygen atoms in total. The molecule has 22 heavy (non-hydrogen) atoms. The number of ether oxygens (including phenoxy) is 1. The van der Waals surface area contributed by atoms with Crippen LogP contribution in [0.2, 0.25) is 0 Å². The van der Waals surface area contributed by atoms with Crippen molar-refractivity contribution < 1.29 is 4.74 Å². The van der Waals surface area contributed by atoms with Gasteiger partial charge < -0.3 is 9.64 Å². The zero-order chi connectivity index (χ0) is 16.6. The lowest BCUT2D eigenvalue weighted by atomic mass is 9.80. The number of nitrogens with zero attached hydrogens (tertiary/aromatic N) is 2. The van der Waals surface area contributed by atoms with Gasteiger partial charge in [-0.25, -0.2) is 0 Å². The molecule has 0 saturated carbocycles. The standard InChI is InChI=1S/C19H34N2O/c1-7-17(14-18(20-6)16(3)4)21-12-9-10-19(5,8-2)11-13-22-15-21/h7,14,16H,1,8-13,15H2,2-6H3/b17-14+,20-18+. The number of hydrogen-bond acceptors (Lipinski definition) is 3. The lowest BCUT2D eigenvalue weighted by molar-refractivity contribution is 0.0422. The van der Waals surface area contributed by atoms with Gasteiger partial charge in [-0.2, -0.15) is 0 Å². The Morgan fingerprint density at radius 2 is 2.14 bits per heavy atom. The van der Waals surface area contributed by atoms with Gasteiger partial charge >= 0.3 is 0 Å². The van der Waals surface area contributed by atoms with E-state index in [0.717, 1.165) is 31.0 Å². The second-order valence-corrected chi connectivity index (χ2v) is 6.90. The summed E-state index contributed by atoms with van der Waals surface area (Å²) in [5, 5.41) is 0. The van der Waals surface area contributed by atoms with Crippen molar-refractivity contribution in [3.05, 3.63) is 24.4 Å². The maximum atomic E-state index is 5.92. The first-order valence-electron chi connectivity index (χ1n) is 8.59. The first-order chi connectivity index (χ1) is 10.5. The first-order valence-corrected chi connectivity index (χ1v) is 8.59. The quantitative estimate of drug-likeness (QED) is 0.545. The van der Waals surface area contributed by atoms with Gasteiger partial charge in [0, 0.05) is 31.6 Å². The summed E-state index contributed by atoms with van der Waals surface area (Å²) < 4.78 is 5.92. The maximum absolute atomic E-state index is 5.92. The van der Waals surface area contributed by atoms with Crippen molar-refractivity contribution >= 4 is 5.71 Å². The molecule has 0 aromatic carbocycles. The first kappa shape index (κ1) is 19.0. The van der Waals surface area contributed by atoms with E-state index in [-0.39, 0.29) is 0 Å². The Balaban J connectivity index is 2.84. The van der Waals surface area contributed by atoms with Gasteiger partial charge in [-0.1, -0.05) is 40.7 Å². The van der Waals surface area contributed by atoms with E-state index < -0.39 is 0 Å². The highest BCUT2D eigenvalue weighted by molar-refractivity contribution is 5.97. The molecule has 126 valence electrons. The van der Waals surface area contributed by atoms with Gasteiger partial charge in [-0.15, -0.1) is 0 Å². The smallest absolute Gasteiger partial charge is 0.118 e. The molecule has 0 aliphatic carbocycles. The number of rotatable bonds is 5. The number of aliphatic imine (C=N–C) groups is 1. The predicted octanol–water partition coefficient (Wildman–Crippen LogP) is 4.66. The fourth-order valence-electron chi connectivity index (χ4n) is 2.86. The largest absolute Gasteiger partial charge is 0.361 e. The molecule has 1 unspecified atom stereocenters. The molecular formula is C19H34N2O. The van der Waals surface area contributed by atoms with E-state index >= 15 is 0 Å². The summed E-state index contributed by atoms with van der Waals surface area (Å²) >= 11 is 0. The molecule has 0 aromatic rings. The molecule has 1 saturated heterocycles. The molecule has 0 spiro atoms. The van der Waals surface area contributed by atoms with Crippen molar-refractivity contribution in [2.45, 2.75) is 53.4 Å². The number of hydrogen-bond donors (Lipinski definition) is 0. The van der Waals surface area contributed by atoms with Crippen LogP contribution in [0.4, 0.5) is 0 Å². The lowest BCUT2D eigenvalue weighted by Crippen LogP contribution is -2.27. The summed E-state index contributed by atoms with van der Waals surface area (Å²) in [6.45, 7) is 15.5. The molecule has 0 aromatic heterocycles. The van der Waals surface area contributed by atoms with Gasteiger partial charge in [0.15, 0.2) is 0 Å². The second-order valence-electron chi connectivity index (χ2n) is 6.90. The van der Waals surface area contributed by atoms with E-state index in [1.54, 1.807) is 0 Å². The average molecular weight is 306 g/mol. The van der Waals surface area contributed by atoms with Crippen LogP contribution in [0.15, 0.2) is 29.4 Å². The summed E-state index contributed by atoms with van der Waals surface area (Å²) in [6, 6.07) is 0. The zero-order valence-corrected chi connectivity index (χ0v) is 15.2.